The lowest BCUT2D eigenvalue weighted by Gasteiger charge is -2.18. The molecule has 8 aromatic carbocycles. The molecule has 0 spiro atoms. The molecule has 9 aromatic rings. The first-order valence-corrected chi connectivity index (χ1v) is 14.0. The van der Waals surface area contributed by atoms with Crippen molar-refractivity contribution in [2.45, 2.75) is 0 Å². The first-order chi connectivity index (χ1) is 29.8. The van der Waals surface area contributed by atoms with Gasteiger partial charge in [-0.25, -0.2) is 0 Å². The van der Waals surface area contributed by atoms with Crippen molar-refractivity contribution in [3.8, 4) is 44.7 Å². The van der Waals surface area contributed by atoms with Gasteiger partial charge in [0.2, 0.25) is 0 Å². The van der Waals surface area contributed by atoms with E-state index in [9.17, 15) is 5.48 Å². The van der Waals surface area contributed by atoms with Crippen molar-refractivity contribution in [2.24, 2.45) is 0 Å². The van der Waals surface area contributed by atoms with E-state index >= 15 is 0 Å². The molecular weight excluding hydrogens is 544 g/mol. The predicted molar refractivity (Wildman–Crippen MR) is 190 cm³/mol. The first kappa shape index (κ1) is 13.4. The third-order valence-corrected chi connectivity index (χ3v) is 7.89. The molecular formula is C44H28O. The first-order valence-electron chi connectivity index (χ1n) is 23.0. The van der Waals surface area contributed by atoms with Crippen molar-refractivity contribution < 1.29 is 29.1 Å². The third-order valence-electron chi connectivity index (χ3n) is 7.89. The molecule has 0 aliphatic carbocycles. The zero-order valence-corrected chi connectivity index (χ0v) is 23.2. The van der Waals surface area contributed by atoms with Crippen molar-refractivity contribution in [1.29, 1.82) is 0 Å². The molecule has 0 aliphatic heterocycles. The van der Waals surface area contributed by atoms with Crippen LogP contribution in [0.1, 0.15) is 24.7 Å². The fourth-order valence-corrected chi connectivity index (χ4v) is 6.01. The van der Waals surface area contributed by atoms with Crippen LogP contribution in [-0.4, -0.2) is 0 Å². The Morgan fingerprint density at radius 2 is 0.978 bits per heavy atom. The van der Waals surface area contributed by atoms with Gasteiger partial charge in [-0.3, -0.25) is 0 Å². The minimum Gasteiger partial charge on any atom is -0.455 e. The van der Waals surface area contributed by atoms with Crippen molar-refractivity contribution in [3.63, 3.8) is 0 Å². The third kappa shape index (κ3) is 4.09. The van der Waals surface area contributed by atoms with Gasteiger partial charge in [-0.2, -0.15) is 0 Å². The maximum Gasteiger partial charge on any atom is 0.143 e. The zero-order valence-electron chi connectivity index (χ0n) is 41.2. The predicted octanol–water partition coefficient (Wildman–Crippen LogP) is 12.6. The maximum atomic E-state index is 9.54. The summed E-state index contributed by atoms with van der Waals surface area (Å²) in [6.07, 6.45) is 0. The second-order valence-corrected chi connectivity index (χ2v) is 10.3. The van der Waals surface area contributed by atoms with Gasteiger partial charge in [0.05, 0.1) is 24.7 Å². The molecule has 0 fully saturated rings. The molecule has 45 heavy (non-hydrogen) atoms. The molecule has 0 amide bonds. The highest BCUT2D eigenvalue weighted by Gasteiger charge is 2.25. The highest BCUT2D eigenvalue weighted by molar-refractivity contribution is 6.25. The molecule has 9 rings (SSSR count). The molecule has 0 saturated carbocycles. The largest absolute Gasteiger partial charge is 0.455 e. The number of hydrogen-bond donors (Lipinski definition) is 0. The van der Waals surface area contributed by atoms with Crippen LogP contribution in [-0.2, 0) is 0 Å². The molecule has 1 heterocycles. The fourth-order valence-electron chi connectivity index (χ4n) is 6.01. The van der Waals surface area contributed by atoms with E-state index in [1.54, 1.807) is 18.2 Å². The van der Waals surface area contributed by atoms with Gasteiger partial charge in [-0.05, 0) is 66.7 Å². The van der Waals surface area contributed by atoms with Crippen molar-refractivity contribution >= 4 is 43.3 Å². The molecule has 0 aliphatic rings. The summed E-state index contributed by atoms with van der Waals surface area (Å²) < 4.78 is 166. The Balaban J connectivity index is 1.62. The summed E-state index contributed by atoms with van der Waals surface area (Å²) in [5.74, 6) is 0.0676. The van der Waals surface area contributed by atoms with Gasteiger partial charge in [-0.1, -0.05) is 157 Å². The van der Waals surface area contributed by atoms with Crippen LogP contribution < -0.4 is 0 Å². The molecule has 1 nitrogen and oxygen atoms in total. The molecule has 0 saturated heterocycles. The van der Waals surface area contributed by atoms with Crippen molar-refractivity contribution in [3.05, 3.63) is 169 Å². The van der Waals surface area contributed by atoms with Crippen LogP contribution in [0.4, 0.5) is 0 Å². The topological polar surface area (TPSA) is 13.1 Å². The smallest absolute Gasteiger partial charge is 0.143 e. The summed E-state index contributed by atoms with van der Waals surface area (Å²) in [5.41, 5.74) is -0.617. The molecule has 0 N–H and O–H groups in total. The average molecular weight is 591 g/mol. The lowest BCUT2D eigenvalue weighted by Crippen LogP contribution is -1.92. The van der Waals surface area contributed by atoms with Crippen LogP contribution in [0.25, 0.3) is 88.0 Å². The maximum absolute atomic E-state index is 9.54. The van der Waals surface area contributed by atoms with E-state index in [1.807, 2.05) is 24.3 Å². The Labute approximate surface area is 286 Å². The quantitative estimate of drug-likeness (QED) is 0.186. The molecule has 0 bridgehead atoms. The number of furan rings is 1. The standard InChI is InChI=1S/C44H28O/c1-3-14-29(15-4-1)32-26-27-40-39(28-32)43(44(45-40)38-25-13-19-30-16-7-8-20-33(30)38)42-36-23-11-9-21-34(36)41(31-17-5-2-6-18-31)35-22-10-12-24-37(35)42/h1-28H/i1D,2D,3D,4D,5D,6D,9D,10D,11D,12D,14D,15D,17D,18D,21D,22D,23D,24D. The van der Waals surface area contributed by atoms with E-state index < -0.39 is 131 Å². The number of benzene rings is 8. The van der Waals surface area contributed by atoms with E-state index in [2.05, 4.69) is 0 Å². The Morgan fingerprint density at radius 3 is 1.67 bits per heavy atom. The number of fused-ring (bicyclic) bond motifs is 4. The molecule has 210 valence electrons. The summed E-state index contributed by atoms with van der Waals surface area (Å²) in [4.78, 5) is 0. The van der Waals surface area contributed by atoms with Crippen LogP contribution >= 0.6 is 0 Å². The summed E-state index contributed by atoms with van der Waals surface area (Å²) in [6, 6.07) is 4.43. The molecule has 0 unspecified atom stereocenters. The van der Waals surface area contributed by atoms with E-state index in [0.717, 1.165) is 5.39 Å². The van der Waals surface area contributed by atoms with E-state index in [0.29, 0.717) is 10.9 Å². The van der Waals surface area contributed by atoms with E-state index in [4.69, 9.17) is 23.6 Å². The van der Waals surface area contributed by atoms with Crippen LogP contribution in [0.3, 0.4) is 0 Å². The normalized spacial score (nSPS) is 17.2. The van der Waals surface area contributed by atoms with Gasteiger partial charge in [-0.15, -0.1) is 0 Å². The Morgan fingerprint density at radius 1 is 0.400 bits per heavy atom. The Bertz CT molecular complexity index is 3410. The highest BCUT2D eigenvalue weighted by atomic mass is 16.3. The Kier molecular flexibility index (Phi) is 3.08. The van der Waals surface area contributed by atoms with Crippen LogP contribution in [0.2, 0.25) is 0 Å². The van der Waals surface area contributed by atoms with Crippen LogP contribution in [0.15, 0.2) is 174 Å². The van der Waals surface area contributed by atoms with Crippen LogP contribution in [0.5, 0.6) is 0 Å². The summed E-state index contributed by atoms with van der Waals surface area (Å²) in [5, 5.41) is 0.0745. The molecule has 1 heteroatoms. The van der Waals surface area contributed by atoms with Gasteiger partial charge in [0.1, 0.15) is 11.3 Å². The number of hydrogen-bond acceptors (Lipinski definition) is 1. The molecule has 0 atom stereocenters. The minimum atomic E-state index is -0.794. The van der Waals surface area contributed by atoms with Crippen LogP contribution in [0, 0.1) is 0 Å². The Hall–Kier alpha value is -5.92. The fraction of sp³-hybridized carbons (Fsp3) is 0. The van der Waals surface area contributed by atoms with Gasteiger partial charge < -0.3 is 4.42 Å². The summed E-state index contributed by atoms with van der Waals surface area (Å²) >= 11 is 0. The second kappa shape index (κ2) is 10.4. The lowest BCUT2D eigenvalue weighted by molar-refractivity contribution is 0.633. The molecule has 0 radical (unpaired) electrons. The lowest BCUT2D eigenvalue weighted by atomic mass is 9.84. The zero-order chi connectivity index (χ0) is 45.4. The van der Waals surface area contributed by atoms with E-state index in [1.165, 1.54) is 18.2 Å². The average Bonchev–Trinajstić information content (AvgIpc) is 3.66. The summed E-state index contributed by atoms with van der Waals surface area (Å²) in [6.45, 7) is 0. The number of rotatable bonds is 4. The highest BCUT2D eigenvalue weighted by Crippen LogP contribution is 2.50. The van der Waals surface area contributed by atoms with Crippen molar-refractivity contribution in [1.82, 2.24) is 0 Å². The summed E-state index contributed by atoms with van der Waals surface area (Å²) in [7, 11) is 0. The van der Waals surface area contributed by atoms with Crippen molar-refractivity contribution in [2.75, 3.05) is 0 Å². The SMILES string of the molecule is [2H]c1c([2H])c([2H])c(-c2ccc3oc(-c4cccc5ccccc45)c(-c4c5c([2H])c([2H])c([2H])c([2H])c5c(-c5c([2H])c([2H])c([2H])c([2H])c5[2H])c5c([2H])c([2H])c([2H])c([2H])c45)c3c2)c([2H])c1[2H]. The van der Waals surface area contributed by atoms with Gasteiger partial charge in [0, 0.05) is 22.1 Å². The van der Waals surface area contributed by atoms with E-state index in [-0.39, 0.29) is 49.8 Å². The van der Waals surface area contributed by atoms with Gasteiger partial charge >= 0.3 is 0 Å². The molecule has 1 aromatic heterocycles. The van der Waals surface area contributed by atoms with Gasteiger partial charge in [0.15, 0.2) is 0 Å². The minimum absolute atomic E-state index is 0.0354. The van der Waals surface area contributed by atoms with Gasteiger partial charge in [0.25, 0.3) is 0 Å². The second-order valence-electron chi connectivity index (χ2n) is 10.3. The monoisotopic (exact) mass is 590 g/mol.